The summed E-state index contributed by atoms with van der Waals surface area (Å²) in [5, 5.41) is 19.4. The van der Waals surface area contributed by atoms with Gasteiger partial charge in [-0.25, -0.2) is 4.79 Å². The average Bonchev–Trinajstić information content (AvgIpc) is 2.21. The molecule has 0 fully saturated rings. The summed E-state index contributed by atoms with van der Waals surface area (Å²) in [6, 6.07) is -1.26. The zero-order valence-corrected chi connectivity index (χ0v) is 10.6. The highest BCUT2D eigenvalue weighted by Crippen LogP contribution is 2.05. The zero-order valence-electron chi connectivity index (χ0n) is 8.97. The molecule has 16 heavy (non-hydrogen) atoms. The Morgan fingerprint density at radius 3 is 2.44 bits per heavy atom. The van der Waals surface area contributed by atoms with Gasteiger partial charge in [0.2, 0.25) is 5.91 Å². The van der Waals surface area contributed by atoms with E-state index in [4.69, 9.17) is 22.4 Å². The third kappa shape index (κ3) is 5.89. The second-order valence-electron chi connectivity index (χ2n) is 3.09. The highest BCUT2D eigenvalue weighted by Gasteiger charge is 2.18. The van der Waals surface area contributed by atoms with Crippen molar-refractivity contribution in [2.24, 2.45) is 0 Å². The number of aliphatic hydroxyl groups excluding tert-OH is 1. The van der Waals surface area contributed by atoms with E-state index in [2.05, 4.69) is 5.32 Å². The number of carboxylic acids is 1. The minimum absolute atomic E-state index is 0.0286. The van der Waals surface area contributed by atoms with Gasteiger partial charge in [-0.2, -0.15) is 0 Å². The van der Waals surface area contributed by atoms with E-state index in [1.54, 1.807) is 19.0 Å². The molecule has 0 saturated carbocycles. The molecule has 0 heterocycles. The number of carbonyl (C=O) groups excluding carboxylic acids is 1. The normalized spacial score (nSPS) is 11.7. The summed E-state index contributed by atoms with van der Waals surface area (Å²) < 4.78 is 0.533. The molecule has 0 rings (SSSR count). The third-order valence-electron chi connectivity index (χ3n) is 1.51. The van der Waals surface area contributed by atoms with Crippen molar-refractivity contribution in [1.82, 2.24) is 10.2 Å². The van der Waals surface area contributed by atoms with Crippen molar-refractivity contribution in [1.29, 1.82) is 0 Å². The zero-order chi connectivity index (χ0) is 12.7. The van der Waals surface area contributed by atoms with Crippen LogP contribution in [0.2, 0.25) is 0 Å². The van der Waals surface area contributed by atoms with Crippen molar-refractivity contribution < 1.29 is 19.8 Å². The standard InChI is InChI=1S/C8H14N2O4S2/c1-10(2)8(15)16-4-6(12)9-5(3-11)7(13)14/h5,11H,3-4H2,1-2H3,(H,9,12)(H,13,14)/t5-/m0/s1. The highest BCUT2D eigenvalue weighted by molar-refractivity contribution is 8.23. The average molecular weight is 266 g/mol. The Morgan fingerprint density at radius 2 is 2.06 bits per heavy atom. The molecule has 0 spiro atoms. The van der Waals surface area contributed by atoms with Gasteiger partial charge in [0.15, 0.2) is 0 Å². The van der Waals surface area contributed by atoms with E-state index in [0.29, 0.717) is 4.32 Å². The first kappa shape index (κ1) is 15.1. The minimum Gasteiger partial charge on any atom is -0.480 e. The molecule has 0 radical (unpaired) electrons. The van der Waals surface area contributed by atoms with Gasteiger partial charge in [-0.3, -0.25) is 4.79 Å². The molecule has 0 aromatic heterocycles. The Morgan fingerprint density at radius 1 is 1.50 bits per heavy atom. The topological polar surface area (TPSA) is 89.9 Å². The van der Waals surface area contributed by atoms with Crippen LogP contribution < -0.4 is 5.32 Å². The van der Waals surface area contributed by atoms with Crippen LogP contribution in [0.3, 0.4) is 0 Å². The first-order chi connectivity index (χ1) is 7.38. The van der Waals surface area contributed by atoms with Gasteiger partial charge < -0.3 is 20.4 Å². The van der Waals surface area contributed by atoms with Gasteiger partial charge in [-0.05, 0) is 0 Å². The molecule has 0 saturated heterocycles. The molecule has 3 N–H and O–H groups in total. The number of carbonyl (C=O) groups is 2. The summed E-state index contributed by atoms with van der Waals surface area (Å²) in [5.41, 5.74) is 0. The van der Waals surface area contributed by atoms with E-state index < -0.39 is 24.5 Å². The van der Waals surface area contributed by atoms with Crippen LogP contribution in [0.1, 0.15) is 0 Å². The fourth-order valence-electron chi connectivity index (χ4n) is 0.678. The lowest BCUT2D eigenvalue weighted by atomic mass is 10.3. The molecule has 0 aliphatic heterocycles. The minimum atomic E-state index is -1.27. The SMILES string of the molecule is CN(C)C(=S)SCC(=O)N[C@@H](CO)C(=O)O. The van der Waals surface area contributed by atoms with Crippen LogP contribution in [0.5, 0.6) is 0 Å². The summed E-state index contributed by atoms with van der Waals surface area (Å²) in [7, 11) is 3.50. The fourth-order valence-corrected chi connectivity index (χ4v) is 1.45. The number of aliphatic carboxylic acids is 1. The van der Waals surface area contributed by atoms with Crippen molar-refractivity contribution >= 4 is 40.2 Å². The van der Waals surface area contributed by atoms with Crippen molar-refractivity contribution in [3.8, 4) is 0 Å². The Labute approximate surface area is 103 Å². The number of rotatable bonds is 5. The number of amides is 1. The summed E-state index contributed by atoms with van der Waals surface area (Å²) >= 11 is 6.06. The third-order valence-corrected chi connectivity index (χ3v) is 3.25. The van der Waals surface area contributed by atoms with Crippen LogP contribution in [-0.4, -0.2) is 63.8 Å². The highest BCUT2D eigenvalue weighted by atomic mass is 32.2. The van der Waals surface area contributed by atoms with Crippen LogP contribution in [-0.2, 0) is 9.59 Å². The van der Waals surface area contributed by atoms with Crippen molar-refractivity contribution in [3.63, 3.8) is 0 Å². The number of hydrogen-bond donors (Lipinski definition) is 3. The van der Waals surface area contributed by atoms with Crippen molar-refractivity contribution in [2.75, 3.05) is 26.5 Å². The Kier molecular flexibility index (Phi) is 7.02. The summed E-state index contributed by atoms with van der Waals surface area (Å²) in [6.45, 7) is -0.635. The molecule has 0 aromatic carbocycles. The quantitative estimate of drug-likeness (QED) is 0.557. The molecule has 0 aliphatic carbocycles. The Balaban J connectivity index is 3.99. The maximum atomic E-state index is 11.3. The smallest absolute Gasteiger partial charge is 0.328 e. The van der Waals surface area contributed by atoms with Crippen LogP contribution in [0.25, 0.3) is 0 Å². The molecule has 0 unspecified atom stereocenters. The molecular formula is C8H14N2O4S2. The van der Waals surface area contributed by atoms with Crippen LogP contribution in [0.4, 0.5) is 0 Å². The summed E-state index contributed by atoms with van der Waals surface area (Å²) in [6.07, 6.45) is 0. The lowest BCUT2D eigenvalue weighted by molar-refractivity contribution is -0.142. The predicted octanol–water partition coefficient (Wildman–Crippen LogP) is -0.872. The van der Waals surface area contributed by atoms with Gasteiger partial charge in [0, 0.05) is 14.1 Å². The molecular weight excluding hydrogens is 252 g/mol. The van der Waals surface area contributed by atoms with E-state index in [0.717, 1.165) is 11.8 Å². The van der Waals surface area contributed by atoms with E-state index in [9.17, 15) is 9.59 Å². The fraction of sp³-hybridized carbons (Fsp3) is 0.625. The summed E-state index contributed by atoms with van der Waals surface area (Å²) in [5.74, 6) is -1.72. The van der Waals surface area contributed by atoms with Gasteiger partial charge in [0.1, 0.15) is 10.4 Å². The molecule has 92 valence electrons. The maximum Gasteiger partial charge on any atom is 0.328 e. The predicted molar refractivity (Wildman–Crippen MR) is 65.4 cm³/mol. The second-order valence-corrected chi connectivity index (χ2v) is 4.70. The van der Waals surface area contributed by atoms with Gasteiger partial charge in [0.05, 0.1) is 12.4 Å². The van der Waals surface area contributed by atoms with Gasteiger partial charge >= 0.3 is 5.97 Å². The number of aliphatic hydroxyl groups is 1. The number of hydrogen-bond acceptors (Lipinski definition) is 5. The van der Waals surface area contributed by atoms with E-state index in [-0.39, 0.29) is 5.75 Å². The largest absolute Gasteiger partial charge is 0.480 e. The molecule has 1 amide bonds. The molecule has 1 atom stereocenters. The molecule has 0 aliphatic rings. The first-order valence-corrected chi connectivity index (χ1v) is 5.75. The molecule has 0 aromatic rings. The van der Waals surface area contributed by atoms with Gasteiger partial charge in [-0.15, -0.1) is 0 Å². The van der Waals surface area contributed by atoms with Crippen LogP contribution in [0, 0.1) is 0 Å². The van der Waals surface area contributed by atoms with E-state index in [1.807, 2.05) is 0 Å². The number of nitrogens with one attached hydrogen (secondary N) is 1. The maximum absolute atomic E-state index is 11.3. The number of carboxylic acid groups (broad SMARTS) is 1. The van der Waals surface area contributed by atoms with Gasteiger partial charge in [-0.1, -0.05) is 24.0 Å². The van der Waals surface area contributed by atoms with Crippen LogP contribution in [0.15, 0.2) is 0 Å². The lowest BCUT2D eigenvalue weighted by Gasteiger charge is -2.14. The monoisotopic (exact) mass is 266 g/mol. The van der Waals surface area contributed by atoms with Crippen molar-refractivity contribution in [3.05, 3.63) is 0 Å². The molecule has 8 heteroatoms. The molecule has 0 bridgehead atoms. The number of nitrogens with zero attached hydrogens (tertiary/aromatic N) is 1. The molecule has 6 nitrogen and oxygen atoms in total. The van der Waals surface area contributed by atoms with Crippen molar-refractivity contribution in [2.45, 2.75) is 6.04 Å². The lowest BCUT2D eigenvalue weighted by Crippen LogP contribution is -2.44. The Bertz CT molecular complexity index is 283. The van der Waals surface area contributed by atoms with Crippen LogP contribution >= 0.6 is 24.0 Å². The first-order valence-electron chi connectivity index (χ1n) is 4.35. The second kappa shape index (κ2) is 7.42. The van der Waals surface area contributed by atoms with E-state index >= 15 is 0 Å². The summed E-state index contributed by atoms with van der Waals surface area (Å²) in [4.78, 5) is 23.4. The Hall–Kier alpha value is -0.860. The number of thioether (sulfide) groups is 1. The number of thiocarbonyl (C=S) groups is 1. The van der Waals surface area contributed by atoms with E-state index in [1.165, 1.54) is 0 Å². The van der Waals surface area contributed by atoms with Gasteiger partial charge in [0.25, 0.3) is 0 Å².